The second kappa shape index (κ2) is 37.1. The number of fused-ring (bicyclic) bond motifs is 9. The highest BCUT2D eigenvalue weighted by molar-refractivity contribution is 14.1. The zero-order valence-electron chi connectivity index (χ0n) is 71.0. The minimum absolute atomic E-state index is 1.05. The molecule has 620 valence electrons. The monoisotopic (exact) mass is 1890 g/mol. The van der Waals surface area contributed by atoms with Crippen LogP contribution in [0.15, 0.2) is 516 Å². The number of para-hydroxylation sites is 8. The maximum absolute atomic E-state index is 3.57. The number of hydrogen-bond donors (Lipinski definition) is 1. The highest BCUT2D eigenvalue weighted by Gasteiger charge is 2.25. The lowest BCUT2D eigenvalue weighted by atomic mass is 10.0. The first-order valence-corrected chi connectivity index (χ1v) is 45.9. The average Bonchev–Trinajstić information content (AvgIpc) is 1.58. The smallest absolute Gasteiger partial charge is 0.0542 e. The van der Waals surface area contributed by atoms with Crippen LogP contribution in [0.5, 0.6) is 0 Å². The van der Waals surface area contributed by atoms with Crippen molar-refractivity contribution in [3.63, 3.8) is 0 Å². The quantitative estimate of drug-likeness (QED) is 0.0814. The third-order valence-electron chi connectivity index (χ3n) is 24.0. The molecule has 8 nitrogen and oxygen atoms in total. The molecule has 0 spiro atoms. The predicted molar refractivity (Wildman–Crippen MR) is 569 cm³/mol. The van der Waals surface area contributed by atoms with E-state index in [0.29, 0.717) is 0 Å². The van der Waals surface area contributed by atoms with Crippen molar-refractivity contribution in [1.82, 2.24) is 9.13 Å². The Morgan fingerprint density at radius 2 is 0.408 bits per heavy atom. The highest BCUT2D eigenvalue weighted by atomic mass is 127. The highest BCUT2D eigenvalue weighted by Crippen LogP contribution is 2.49. The van der Waals surface area contributed by atoms with Gasteiger partial charge in [0.05, 0.1) is 33.4 Å². The van der Waals surface area contributed by atoms with Crippen molar-refractivity contribution in [2.45, 2.75) is 0 Å². The molecule has 130 heavy (non-hydrogen) atoms. The van der Waals surface area contributed by atoms with Crippen molar-refractivity contribution in [2.75, 3.05) is 29.8 Å². The van der Waals surface area contributed by atoms with Crippen LogP contribution in [-0.4, -0.2) is 9.13 Å². The van der Waals surface area contributed by atoms with Gasteiger partial charge in [-0.1, -0.05) is 255 Å². The van der Waals surface area contributed by atoms with Crippen LogP contribution in [0.25, 0.3) is 87.3 Å². The van der Waals surface area contributed by atoms with Gasteiger partial charge in [0, 0.05) is 142 Å². The van der Waals surface area contributed by atoms with Gasteiger partial charge in [0.2, 0.25) is 0 Å². The van der Waals surface area contributed by atoms with E-state index in [0.717, 1.165) is 124 Å². The molecular formula is C120H86I2N8. The van der Waals surface area contributed by atoms with E-state index in [1.165, 1.54) is 67.0 Å². The first-order valence-electron chi connectivity index (χ1n) is 43.7. The van der Waals surface area contributed by atoms with Crippen LogP contribution in [0.2, 0.25) is 0 Å². The summed E-state index contributed by atoms with van der Waals surface area (Å²) in [6.45, 7) is 0. The van der Waals surface area contributed by atoms with Gasteiger partial charge in [-0.2, -0.15) is 0 Å². The molecule has 23 rings (SSSR count). The Kier molecular flexibility index (Phi) is 23.2. The SMILES string of the molecule is Ic1ccc2c(c1)c1cc(I)ccc1n2-c1ccccc1.c1ccc(N(c2ccccc2)c2ccc(N(c3ccc4c(c3)c3cc(N(c5ccc(N(c6ccccc6)c6ccccc6)cc5)c5cccc6ccccc56)ccc3n4-c3ccccc3)c3cccc4ccccc34)cc2)cc1.c1ccc(N(c2ccccc2)c2ccc(Nc3cccc4ccccc34)cc2)cc1. The van der Waals surface area contributed by atoms with E-state index in [9.17, 15) is 0 Å². The zero-order valence-corrected chi connectivity index (χ0v) is 75.3. The van der Waals surface area contributed by atoms with E-state index in [1.54, 1.807) is 0 Å². The third kappa shape index (κ3) is 16.6. The molecule has 0 amide bonds. The molecule has 23 aromatic rings. The van der Waals surface area contributed by atoms with Gasteiger partial charge < -0.3 is 39.0 Å². The third-order valence-corrected chi connectivity index (χ3v) is 25.3. The number of hydrogen-bond acceptors (Lipinski definition) is 6. The number of halogens is 2. The van der Waals surface area contributed by atoms with Crippen molar-refractivity contribution in [3.8, 4) is 11.4 Å². The van der Waals surface area contributed by atoms with Gasteiger partial charge in [0.1, 0.15) is 0 Å². The maximum Gasteiger partial charge on any atom is 0.0542 e. The van der Waals surface area contributed by atoms with Gasteiger partial charge in [-0.3, -0.25) is 0 Å². The van der Waals surface area contributed by atoms with Crippen LogP contribution >= 0.6 is 45.2 Å². The summed E-state index contributed by atoms with van der Waals surface area (Å²) in [6, 6.07) is 184. The second-order valence-corrected chi connectivity index (χ2v) is 34.5. The summed E-state index contributed by atoms with van der Waals surface area (Å²) >= 11 is 4.76. The molecule has 2 aromatic heterocycles. The Morgan fingerprint density at radius 1 is 0.169 bits per heavy atom. The lowest BCUT2D eigenvalue weighted by Gasteiger charge is -2.29. The standard InChI is InChI=1S/C74H53N5.C28H22N2.C18H11I2N/c1-6-26-56(27-7-1)75(57-28-8-2-9-29-57)61-40-44-63(45-41-61)77(71-38-20-24-54-22-16-18-36-67(54)71)65-48-50-73-69(52-65)70-53-66(49-51-74(70)79(73)60-34-14-5-15-35-60)78(72-39-21-25-55-23-17-19-37-68(55)72)64-46-42-62(43-47-64)76(58-30-10-3-11-31-58)59-32-12-4-13-33-59;1-3-12-24(13-4-1)30(25-14-5-2-6-15-25)26-20-18-23(19-21-26)29-28-17-9-11-22-10-7-8-16-27(22)28;19-12-6-8-17-15(10-12)16-11-13(20)7-9-18(16)21(17)14-4-2-1-3-5-14/h1-53H;1-21,29H;1-11H. The van der Waals surface area contributed by atoms with E-state index in [-0.39, 0.29) is 0 Å². The maximum atomic E-state index is 3.57. The summed E-state index contributed by atoms with van der Waals surface area (Å²) in [6.07, 6.45) is 0. The minimum Gasteiger partial charge on any atom is -0.355 e. The molecule has 0 atom stereocenters. The molecule has 0 bridgehead atoms. The van der Waals surface area contributed by atoms with E-state index in [4.69, 9.17) is 0 Å². The number of benzene rings is 21. The van der Waals surface area contributed by atoms with Crippen LogP contribution < -0.4 is 29.8 Å². The summed E-state index contributed by atoms with van der Waals surface area (Å²) in [7, 11) is 0. The first kappa shape index (κ1) is 81.3. The Balaban J connectivity index is 0.000000161. The van der Waals surface area contributed by atoms with Gasteiger partial charge in [-0.15, -0.1) is 0 Å². The molecule has 0 aliphatic carbocycles. The molecule has 10 heteroatoms. The zero-order chi connectivity index (χ0) is 87.1. The number of rotatable bonds is 19. The number of nitrogens with zero attached hydrogens (tertiary/aromatic N) is 7. The summed E-state index contributed by atoms with van der Waals surface area (Å²) in [5.74, 6) is 0. The van der Waals surface area contributed by atoms with Crippen molar-refractivity contribution < 1.29 is 0 Å². The molecule has 21 aromatic carbocycles. The van der Waals surface area contributed by atoms with Crippen molar-refractivity contribution in [1.29, 1.82) is 0 Å². The Bertz CT molecular complexity index is 7430. The van der Waals surface area contributed by atoms with Crippen LogP contribution in [0.3, 0.4) is 0 Å². The normalized spacial score (nSPS) is 11.2. The Morgan fingerprint density at radius 3 is 0.746 bits per heavy atom. The van der Waals surface area contributed by atoms with Crippen LogP contribution in [0.4, 0.5) is 96.7 Å². The average molecular weight is 1890 g/mol. The van der Waals surface area contributed by atoms with Crippen molar-refractivity contribution >= 4 is 218 Å². The summed E-state index contributed by atoms with van der Waals surface area (Å²) in [4.78, 5) is 11.7. The van der Waals surface area contributed by atoms with Crippen LogP contribution in [-0.2, 0) is 0 Å². The summed E-state index contributed by atoms with van der Waals surface area (Å²) in [5, 5.41) is 15.7. The Labute approximate surface area is 784 Å². The lowest BCUT2D eigenvalue weighted by molar-refractivity contribution is 1.18. The molecule has 0 aliphatic heterocycles. The molecule has 0 unspecified atom stereocenters. The van der Waals surface area contributed by atoms with Crippen molar-refractivity contribution in [3.05, 3.63) is 523 Å². The fourth-order valence-corrected chi connectivity index (χ4v) is 19.1. The van der Waals surface area contributed by atoms with Gasteiger partial charge in [-0.25, -0.2) is 0 Å². The van der Waals surface area contributed by atoms with Gasteiger partial charge >= 0.3 is 0 Å². The molecule has 0 saturated carbocycles. The first-order chi connectivity index (χ1) is 64.3. The summed E-state index contributed by atoms with van der Waals surface area (Å²) < 4.78 is 7.30. The van der Waals surface area contributed by atoms with E-state index < -0.39 is 0 Å². The predicted octanol–water partition coefficient (Wildman–Crippen LogP) is 35.0. The molecule has 1 N–H and O–H groups in total. The minimum atomic E-state index is 1.05. The number of nitrogens with one attached hydrogen (secondary N) is 1. The Hall–Kier alpha value is -15.7. The molecule has 0 saturated heterocycles. The number of anilines is 17. The summed E-state index contributed by atoms with van der Waals surface area (Å²) in [5.41, 5.74) is 25.6. The number of aromatic nitrogens is 2. The van der Waals surface area contributed by atoms with Gasteiger partial charge in [0.15, 0.2) is 0 Å². The fourth-order valence-electron chi connectivity index (χ4n) is 18.1. The topological polar surface area (TPSA) is 38.1 Å². The molecular weight excluding hydrogens is 1810 g/mol. The second-order valence-electron chi connectivity index (χ2n) is 32.0. The fraction of sp³-hybridized carbons (Fsp3) is 0. The molecule has 0 aliphatic rings. The van der Waals surface area contributed by atoms with E-state index in [1.807, 2.05) is 12.1 Å². The van der Waals surface area contributed by atoms with Gasteiger partial charge in [-0.05, 0) is 322 Å². The van der Waals surface area contributed by atoms with Gasteiger partial charge in [0.25, 0.3) is 0 Å². The molecule has 0 fully saturated rings. The molecule has 0 radical (unpaired) electrons. The van der Waals surface area contributed by atoms with Crippen molar-refractivity contribution in [2.24, 2.45) is 0 Å². The van der Waals surface area contributed by atoms with E-state index >= 15 is 0 Å². The largest absolute Gasteiger partial charge is 0.355 e. The van der Waals surface area contributed by atoms with Crippen LogP contribution in [0, 0.1) is 7.14 Å². The van der Waals surface area contributed by atoms with Crippen LogP contribution in [0.1, 0.15) is 0 Å². The lowest BCUT2D eigenvalue weighted by Crippen LogP contribution is -2.12. The van der Waals surface area contributed by atoms with E-state index in [2.05, 4.69) is 588 Å². The molecule has 2 heterocycles.